The number of nitriles is 1. The fourth-order valence-electron chi connectivity index (χ4n) is 1.99. The molecule has 3 heteroatoms. The number of hydrogen-bond acceptors (Lipinski definition) is 3. The van der Waals surface area contributed by atoms with E-state index in [1.807, 2.05) is 36.6 Å². The normalized spacial score (nSPS) is 11.8. The largest absolute Gasteiger partial charge is 0.496 e. The minimum absolute atomic E-state index is 0.0896. The Bertz CT molecular complexity index is 554. The van der Waals surface area contributed by atoms with Crippen molar-refractivity contribution in [3.63, 3.8) is 0 Å². The van der Waals surface area contributed by atoms with Crippen LogP contribution in [-0.4, -0.2) is 7.11 Å². The van der Waals surface area contributed by atoms with Crippen molar-refractivity contribution < 1.29 is 4.74 Å². The van der Waals surface area contributed by atoms with Gasteiger partial charge in [0.25, 0.3) is 0 Å². The second kappa shape index (κ2) is 5.70. The maximum Gasteiger partial charge on any atom is 0.121 e. The third-order valence-corrected chi connectivity index (χ3v) is 3.86. The third kappa shape index (κ3) is 2.72. The molecule has 0 aliphatic rings. The SMILES string of the molecule is COc1ccc(C(C#N)Cc2cccs2)cc1C. The first-order chi connectivity index (χ1) is 8.74. The predicted molar refractivity (Wildman–Crippen MR) is 74.1 cm³/mol. The molecule has 0 bridgehead atoms. The number of nitrogens with zero attached hydrogens (tertiary/aromatic N) is 1. The lowest BCUT2D eigenvalue weighted by Gasteiger charge is -2.11. The monoisotopic (exact) mass is 257 g/mol. The van der Waals surface area contributed by atoms with Crippen molar-refractivity contribution >= 4 is 11.3 Å². The topological polar surface area (TPSA) is 33.0 Å². The molecule has 92 valence electrons. The van der Waals surface area contributed by atoms with Crippen molar-refractivity contribution in [1.29, 1.82) is 5.26 Å². The fraction of sp³-hybridized carbons (Fsp3) is 0.267. The summed E-state index contributed by atoms with van der Waals surface area (Å²) >= 11 is 1.70. The molecule has 1 aromatic heterocycles. The molecule has 0 aliphatic carbocycles. The lowest BCUT2D eigenvalue weighted by Crippen LogP contribution is -2.00. The molecule has 2 aromatic rings. The predicted octanol–water partition coefficient (Wildman–Crippen LogP) is 3.92. The molecule has 1 heterocycles. The summed E-state index contributed by atoms with van der Waals surface area (Å²) in [5.74, 6) is 0.778. The first-order valence-electron chi connectivity index (χ1n) is 5.81. The van der Waals surface area contributed by atoms with Crippen molar-refractivity contribution in [3.8, 4) is 11.8 Å². The third-order valence-electron chi connectivity index (χ3n) is 2.96. The highest BCUT2D eigenvalue weighted by Crippen LogP contribution is 2.27. The fourth-order valence-corrected chi connectivity index (χ4v) is 2.74. The van der Waals surface area contributed by atoms with Crippen LogP contribution >= 0.6 is 11.3 Å². The Hall–Kier alpha value is -1.79. The van der Waals surface area contributed by atoms with Gasteiger partial charge >= 0.3 is 0 Å². The van der Waals surface area contributed by atoms with Gasteiger partial charge in [-0.2, -0.15) is 5.26 Å². The lowest BCUT2D eigenvalue weighted by molar-refractivity contribution is 0.411. The van der Waals surface area contributed by atoms with Gasteiger partial charge in [-0.3, -0.25) is 0 Å². The average Bonchev–Trinajstić information content (AvgIpc) is 2.88. The van der Waals surface area contributed by atoms with Gasteiger partial charge in [0.05, 0.1) is 19.1 Å². The molecule has 0 N–H and O–H groups in total. The van der Waals surface area contributed by atoms with E-state index in [4.69, 9.17) is 4.74 Å². The van der Waals surface area contributed by atoms with E-state index in [-0.39, 0.29) is 5.92 Å². The van der Waals surface area contributed by atoms with Crippen LogP contribution in [0.3, 0.4) is 0 Å². The maximum absolute atomic E-state index is 9.32. The van der Waals surface area contributed by atoms with E-state index in [1.54, 1.807) is 18.4 Å². The first-order valence-corrected chi connectivity index (χ1v) is 6.69. The summed E-state index contributed by atoms with van der Waals surface area (Å²) in [5.41, 5.74) is 2.13. The number of rotatable bonds is 4. The molecule has 0 saturated heterocycles. The van der Waals surface area contributed by atoms with Gasteiger partial charge in [0.15, 0.2) is 0 Å². The molecular weight excluding hydrogens is 242 g/mol. The summed E-state index contributed by atoms with van der Waals surface area (Å²) in [6.07, 6.45) is 0.778. The molecule has 2 nitrogen and oxygen atoms in total. The number of hydrogen-bond donors (Lipinski definition) is 0. The zero-order valence-corrected chi connectivity index (χ0v) is 11.3. The molecule has 1 unspecified atom stereocenters. The molecule has 1 atom stereocenters. The molecule has 18 heavy (non-hydrogen) atoms. The smallest absolute Gasteiger partial charge is 0.121 e. The Labute approximate surface area is 111 Å². The highest BCUT2D eigenvalue weighted by molar-refractivity contribution is 7.09. The van der Waals surface area contributed by atoms with E-state index in [9.17, 15) is 5.26 Å². The molecule has 0 spiro atoms. The minimum Gasteiger partial charge on any atom is -0.496 e. The van der Waals surface area contributed by atoms with Crippen molar-refractivity contribution in [2.75, 3.05) is 7.11 Å². The highest BCUT2D eigenvalue weighted by Gasteiger charge is 2.13. The first kappa shape index (κ1) is 12.7. The van der Waals surface area contributed by atoms with Gasteiger partial charge in [0.1, 0.15) is 5.75 Å². The standard InChI is InChI=1S/C15H15NOS/c1-11-8-12(5-6-15(11)17-2)13(10-16)9-14-4-3-7-18-14/h3-8,13H,9H2,1-2H3. The second-order valence-corrected chi connectivity index (χ2v) is 5.23. The Morgan fingerprint density at radius 2 is 2.22 bits per heavy atom. The summed E-state index contributed by atoms with van der Waals surface area (Å²) in [7, 11) is 1.66. The molecule has 0 aliphatic heterocycles. The van der Waals surface area contributed by atoms with E-state index in [2.05, 4.69) is 12.1 Å². The van der Waals surface area contributed by atoms with Crippen LogP contribution in [-0.2, 0) is 6.42 Å². The summed E-state index contributed by atoms with van der Waals surface area (Å²) < 4.78 is 5.24. The van der Waals surface area contributed by atoms with Crippen molar-refractivity contribution in [3.05, 3.63) is 51.7 Å². The van der Waals surface area contributed by atoms with Crippen LogP contribution in [0.25, 0.3) is 0 Å². The Kier molecular flexibility index (Phi) is 4.01. The van der Waals surface area contributed by atoms with Crippen LogP contribution in [0.1, 0.15) is 21.9 Å². The number of aryl methyl sites for hydroxylation is 1. The van der Waals surface area contributed by atoms with Gasteiger partial charge in [-0.15, -0.1) is 11.3 Å². The summed E-state index contributed by atoms with van der Waals surface area (Å²) in [4.78, 5) is 1.25. The van der Waals surface area contributed by atoms with Crippen LogP contribution in [0.2, 0.25) is 0 Å². The van der Waals surface area contributed by atoms with Crippen LogP contribution in [0, 0.1) is 18.3 Å². The van der Waals surface area contributed by atoms with E-state index in [0.29, 0.717) is 0 Å². The molecule has 2 rings (SSSR count). The van der Waals surface area contributed by atoms with Gasteiger partial charge in [-0.25, -0.2) is 0 Å². The highest BCUT2D eigenvalue weighted by atomic mass is 32.1. The lowest BCUT2D eigenvalue weighted by atomic mass is 9.95. The zero-order valence-electron chi connectivity index (χ0n) is 10.5. The summed E-state index contributed by atoms with van der Waals surface area (Å²) in [6, 6.07) is 12.4. The molecular formula is C15H15NOS. The van der Waals surface area contributed by atoms with Gasteiger partial charge in [-0.1, -0.05) is 18.2 Å². The molecule has 0 saturated carbocycles. The second-order valence-electron chi connectivity index (χ2n) is 4.19. The van der Waals surface area contributed by atoms with Gasteiger partial charge < -0.3 is 4.74 Å². The Morgan fingerprint density at radius 3 is 2.78 bits per heavy atom. The van der Waals surface area contributed by atoms with E-state index < -0.39 is 0 Å². The molecule has 1 aromatic carbocycles. The van der Waals surface area contributed by atoms with Crippen molar-refractivity contribution in [1.82, 2.24) is 0 Å². The molecule has 0 amide bonds. The number of ether oxygens (including phenoxy) is 1. The number of methoxy groups -OCH3 is 1. The number of benzene rings is 1. The summed E-state index contributed by atoms with van der Waals surface area (Å²) in [6.45, 7) is 2.00. The molecule has 0 radical (unpaired) electrons. The maximum atomic E-state index is 9.32. The van der Waals surface area contributed by atoms with Gasteiger partial charge in [0, 0.05) is 11.3 Å². The molecule has 0 fully saturated rings. The Morgan fingerprint density at radius 1 is 1.39 bits per heavy atom. The van der Waals surface area contributed by atoms with Crippen LogP contribution in [0.5, 0.6) is 5.75 Å². The van der Waals surface area contributed by atoms with Gasteiger partial charge in [-0.05, 0) is 35.6 Å². The van der Waals surface area contributed by atoms with E-state index in [0.717, 1.165) is 23.3 Å². The van der Waals surface area contributed by atoms with Crippen LogP contribution < -0.4 is 4.74 Å². The Balaban J connectivity index is 2.23. The van der Waals surface area contributed by atoms with Crippen molar-refractivity contribution in [2.45, 2.75) is 19.3 Å². The van der Waals surface area contributed by atoms with Crippen LogP contribution in [0.15, 0.2) is 35.7 Å². The van der Waals surface area contributed by atoms with Crippen molar-refractivity contribution in [2.24, 2.45) is 0 Å². The van der Waals surface area contributed by atoms with Crippen LogP contribution in [0.4, 0.5) is 0 Å². The average molecular weight is 257 g/mol. The zero-order chi connectivity index (χ0) is 13.0. The van der Waals surface area contributed by atoms with E-state index in [1.165, 1.54) is 4.88 Å². The minimum atomic E-state index is -0.0896. The van der Waals surface area contributed by atoms with E-state index >= 15 is 0 Å². The van der Waals surface area contributed by atoms with Gasteiger partial charge in [0.2, 0.25) is 0 Å². The quantitative estimate of drug-likeness (QED) is 0.831. The summed E-state index contributed by atoms with van der Waals surface area (Å²) in [5, 5.41) is 11.4. The number of thiophene rings is 1.